The first kappa shape index (κ1) is 19.0. The van der Waals surface area contributed by atoms with E-state index in [2.05, 4.69) is 26.3 Å². The molecule has 0 radical (unpaired) electrons. The molecule has 0 saturated heterocycles. The monoisotopic (exact) mass is 372 g/mol. The molecule has 2 rings (SSSR count). The Morgan fingerprint density at radius 1 is 1.29 bits per heavy atom. The summed E-state index contributed by atoms with van der Waals surface area (Å²) >= 11 is 0.851. The molecule has 134 valence electrons. The lowest BCUT2D eigenvalue weighted by Gasteiger charge is -2.15. The van der Waals surface area contributed by atoms with Gasteiger partial charge in [0, 0.05) is 12.0 Å². The fourth-order valence-corrected chi connectivity index (χ4v) is 4.16. The zero-order valence-corrected chi connectivity index (χ0v) is 15.9. The number of hydrogen-bond acceptors (Lipinski definition) is 6. The number of nitrogens with one attached hydrogen (secondary N) is 2. The number of amides is 1. The van der Waals surface area contributed by atoms with Crippen molar-refractivity contribution in [3.63, 3.8) is 0 Å². The third-order valence-corrected chi connectivity index (χ3v) is 6.33. The molecule has 9 heteroatoms. The van der Waals surface area contributed by atoms with Gasteiger partial charge in [-0.15, -0.1) is 10.2 Å². The Morgan fingerprint density at radius 3 is 2.67 bits per heavy atom. The Hall–Kier alpha value is -1.32. The molecule has 0 unspecified atom stereocenters. The highest BCUT2D eigenvalue weighted by molar-refractivity contribution is 7.91. The number of allylic oxidation sites excluding steroid dienone is 1. The molecule has 0 spiro atoms. The van der Waals surface area contributed by atoms with E-state index < -0.39 is 15.4 Å². The SMILES string of the molecule is CC(C)(C)C(=O)Nc1nnc(S(=O)(=O)NCCC2=CCCCC2)s1. The second kappa shape index (κ2) is 7.71. The standard InChI is InChI=1S/C15H24N4O3S2/c1-15(2,3)12(20)17-13-18-19-14(23-13)24(21,22)16-10-9-11-7-5-4-6-8-11/h7,16H,4-6,8-10H2,1-3H3,(H,17,18,20). The van der Waals surface area contributed by atoms with Crippen LogP contribution in [0.1, 0.15) is 52.9 Å². The van der Waals surface area contributed by atoms with Gasteiger partial charge in [-0.2, -0.15) is 0 Å². The molecule has 0 aliphatic heterocycles. The minimum atomic E-state index is -3.70. The van der Waals surface area contributed by atoms with E-state index in [-0.39, 0.29) is 15.4 Å². The summed E-state index contributed by atoms with van der Waals surface area (Å²) in [5.74, 6) is -0.236. The smallest absolute Gasteiger partial charge is 0.269 e. The Balaban J connectivity index is 1.92. The van der Waals surface area contributed by atoms with Crippen LogP contribution in [0.15, 0.2) is 16.0 Å². The molecule has 1 aromatic heterocycles. The molecular weight excluding hydrogens is 348 g/mol. The molecule has 1 aromatic rings. The largest absolute Gasteiger partial charge is 0.300 e. The lowest BCUT2D eigenvalue weighted by atomic mass is 9.96. The van der Waals surface area contributed by atoms with Crippen LogP contribution in [-0.2, 0) is 14.8 Å². The molecule has 1 heterocycles. The van der Waals surface area contributed by atoms with Crippen LogP contribution in [0.2, 0.25) is 0 Å². The predicted octanol–water partition coefficient (Wildman–Crippen LogP) is 2.69. The quantitative estimate of drug-likeness (QED) is 0.590. The Labute approximate surface area is 147 Å². The van der Waals surface area contributed by atoms with E-state index in [4.69, 9.17) is 0 Å². The van der Waals surface area contributed by atoms with E-state index in [1.807, 2.05) is 0 Å². The molecule has 0 saturated carbocycles. The second-order valence-corrected chi connectivity index (χ2v) is 9.75. The van der Waals surface area contributed by atoms with Gasteiger partial charge < -0.3 is 5.32 Å². The maximum absolute atomic E-state index is 12.2. The molecule has 2 N–H and O–H groups in total. The summed E-state index contributed by atoms with van der Waals surface area (Å²) in [4.78, 5) is 11.9. The van der Waals surface area contributed by atoms with Crippen molar-refractivity contribution in [1.82, 2.24) is 14.9 Å². The number of hydrogen-bond donors (Lipinski definition) is 2. The van der Waals surface area contributed by atoms with Crippen LogP contribution in [0.3, 0.4) is 0 Å². The molecule has 0 atom stereocenters. The first-order valence-electron chi connectivity index (χ1n) is 8.01. The van der Waals surface area contributed by atoms with Gasteiger partial charge in [-0.25, -0.2) is 13.1 Å². The van der Waals surface area contributed by atoms with E-state index in [0.717, 1.165) is 24.2 Å². The lowest BCUT2D eigenvalue weighted by Crippen LogP contribution is -2.27. The van der Waals surface area contributed by atoms with E-state index >= 15 is 0 Å². The highest BCUT2D eigenvalue weighted by Gasteiger charge is 2.25. The van der Waals surface area contributed by atoms with Gasteiger partial charge in [-0.05, 0) is 32.1 Å². The van der Waals surface area contributed by atoms with Crippen molar-refractivity contribution in [1.29, 1.82) is 0 Å². The van der Waals surface area contributed by atoms with Crippen molar-refractivity contribution >= 4 is 32.4 Å². The molecule has 1 aliphatic rings. The fraction of sp³-hybridized carbons (Fsp3) is 0.667. The number of sulfonamides is 1. The Kier molecular flexibility index (Phi) is 6.11. The zero-order chi connectivity index (χ0) is 17.8. The molecule has 24 heavy (non-hydrogen) atoms. The number of aromatic nitrogens is 2. The Bertz CT molecular complexity index is 717. The minimum absolute atomic E-state index is 0.135. The van der Waals surface area contributed by atoms with Gasteiger partial charge in [0.25, 0.3) is 10.0 Å². The molecule has 0 aromatic carbocycles. The van der Waals surface area contributed by atoms with Crippen LogP contribution in [0.25, 0.3) is 0 Å². The van der Waals surface area contributed by atoms with Crippen molar-refractivity contribution in [3.05, 3.63) is 11.6 Å². The normalized spacial score (nSPS) is 15.9. The van der Waals surface area contributed by atoms with Crippen molar-refractivity contribution in [3.8, 4) is 0 Å². The maximum Gasteiger partial charge on any atom is 0.269 e. The van der Waals surface area contributed by atoms with Gasteiger partial charge in [-0.3, -0.25) is 4.79 Å². The molecule has 0 fully saturated rings. The number of carbonyl (C=O) groups excluding carboxylic acids is 1. The summed E-state index contributed by atoms with van der Waals surface area (Å²) in [5.41, 5.74) is 0.718. The van der Waals surface area contributed by atoms with Crippen LogP contribution in [-0.4, -0.2) is 31.1 Å². The van der Waals surface area contributed by atoms with Crippen molar-refractivity contribution in [2.75, 3.05) is 11.9 Å². The van der Waals surface area contributed by atoms with E-state index in [9.17, 15) is 13.2 Å². The highest BCUT2D eigenvalue weighted by atomic mass is 32.2. The average molecular weight is 373 g/mol. The summed E-state index contributed by atoms with van der Waals surface area (Å²) in [6.45, 7) is 5.64. The van der Waals surface area contributed by atoms with Crippen LogP contribution in [0.5, 0.6) is 0 Å². The summed E-state index contributed by atoms with van der Waals surface area (Å²) < 4.78 is 26.9. The molecule has 7 nitrogen and oxygen atoms in total. The molecular formula is C15H24N4O3S2. The summed E-state index contributed by atoms with van der Waals surface area (Å²) in [6.07, 6.45) is 7.42. The number of carbonyl (C=O) groups is 1. The van der Waals surface area contributed by atoms with Gasteiger partial charge in [0.1, 0.15) is 0 Å². The number of anilines is 1. The molecule has 1 aliphatic carbocycles. The van der Waals surface area contributed by atoms with E-state index in [1.54, 1.807) is 20.8 Å². The van der Waals surface area contributed by atoms with Crippen LogP contribution in [0, 0.1) is 5.41 Å². The molecule has 0 bridgehead atoms. The topological polar surface area (TPSA) is 101 Å². The Morgan fingerprint density at radius 2 is 2.04 bits per heavy atom. The number of nitrogens with zero attached hydrogens (tertiary/aromatic N) is 2. The third kappa shape index (κ3) is 5.35. The first-order chi connectivity index (χ1) is 11.2. The van der Waals surface area contributed by atoms with Crippen LogP contribution >= 0.6 is 11.3 Å². The van der Waals surface area contributed by atoms with Crippen LogP contribution in [0.4, 0.5) is 5.13 Å². The number of rotatable bonds is 6. The van der Waals surface area contributed by atoms with E-state index in [1.165, 1.54) is 18.4 Å². The van der Waals surface area contributed by atoms with Gasteiger partial charge in [0.15, 0.2) is 0 Å². The summed E-state index contributed by atoms with van der Waals surface area (Å²) in [7, 11) is -3.70. The lowest BCUT2D eigenvalue weighted by molar-refractivity contribution is -0.123. The van der Waals surface area contributed by atoms with Gasteiger partial charge >= 0.3 is 0 Å². The predicted molar refractivity (Wildman–Crippen MR) is 94.4 cm³/mol. The van der Waals surface area contributed by atoms with Gasteiger partial charge in [0.05, 0.1) is 0 Å². The molecule has 1 amide bonds. The van der Waals surface area contributed by atoms with Gasteiger partial charge in [0.2, 0.25) is 15.4 Å². The minimum Gasteiger partial charge on any atom is -0.300 e. The fourth-order valence-electron chi connectivity index (χ4n) is 2.19. The zero-order valence-electron chi connectivity index (χ0n) is 14.3. The first-order valence-corrected chi connectivity index (χ1v) is 10.3. The van der Waals surface area contributed by atoms with Crippen LogP contribution < -0.4 is 10.0 Å². The van der Waals surface area contributed by atoms with Gasteiger partial charge in [-0.1, -0.05) is 43.8 Å². The second-order valence-electron chi connectivity index (χ2n) is 6.83. The van der Waals surface area contributed by atoms with Crippen molar-refractivity contribution < 1.29 is 13.2 Å². The summed E-state index contributed by atoms with van der Waals surface area (Å²) in [5, 5.41) is 10.2. The average Bonchev–Trinajstić information content (AvgIpc) is 2.96. The third-order valence-electron chi connectivity index (χ3n) is 3.66. The van der Waals surface area contributed by atoms with E-state index in [0.29, 0.717) is 13.0 Å². The summed E-state index contributed by atoms with van der Waals surface area (Å²) in [6, 6.07) is 0. The highest BCUT2D eigenvalue weighted by Crippen LogP contribution is 2.23. The van der Waals surface area contributed by atoms with Crippen molar-refractivity contribution in [2.24, 2.45) is 5.41 Å². The van der Waals surface area contributed by atoms with Crippen molar-refractivity contribution in [2.45, 2.75) is 57.2 Å². The maximum atomic E-state index is 12.2.